The van der Waals surface area contributed by atoms with Gasteiger partial charge in [0.1, 0.15) is 0 Å². The number of benzene rings is 2. The maximum atomic E-state index is 14.4. The van der Waals surface area contributed by atoms with Gasteiger partial charge in [0.25, 0.3) is 0 Å². The van der Waals surface area contributed by atoms with Crippen LogP contribution < -0.4 is 0 Å². The number of halogens is 1. The Bertz CT molecular complexity index is 673. The van der Waals surface area contributed by atoms with Gasteiger partial charge in [-0.1, -0.05) is 72.8 Å². The molecule has 22 heavy (non-hydrogen) atoms. The SMILES string of the molecule is CCOC(=O)/C(F)=C(/C=C/c1ccccc1)c1ccccc1. The fraction of sp³-hybridized carbons (Fsp3) is 0.105. The predicted molar refractivity (Wildman–Crippen MR) is 86.6 cm³/mol. The van der Waals surface area contributed by atoms with Crippen molar-refractivity contribution in [2.75, 3.05) is 6.61 Å². The number of hydrogen-bond donors (Lipinski definition) is 0. The zero-order valence-electron chi connectivity index (χ0n) is 12.3. The highest BCUT2D eigenvalue weighted by atomic mass is 19.1. The summed E-state index contributed by atoms with van der Waals surface area (Å²) in [5, 5.41) is 0. The smallest absolute Gasteiger partial charge is 0.367 e. The van der Waals surface area contributed by atoms with E-state index in [2.05, 4.69) is 0 Å². The van der Waals surface area contributed by atoms with Crippen LogP contribution in [0.3, 0.4) is 0 Å². The molecule has 0 saturated carbocycles. The molecule has 0 radical (unpaired) electrons. The molecule has 2 aromatic rings. The summed E-state index contributed by atoms with van der Waals surface area (Å²) in [4.78, 5) is 11.7. The lowest BCUT2D eigenvalue weighted by Crippen LogP contribution is -2.06. The molecule has 0 aromatic heterocycles. The van der Waals surface area contributed by atoms with Crippen LogP contribution in [-0.2, 0) is 9.53 Å². The standard InChI is InChI=1S/C19H17FO2/c1-2-22-19(21)18(20)17(16-11-7-4-8-12-16)14-13-15-9-5-3-6-10-15/h3-14H,2H2,1H3/b14-13+,18-17+. The molecule has 0 spiro atoms. The van der Waals surface area contributed by atoms with E-state index in [4.69, 9.17) is 4.74 Å². The molecular weight excluding hydrogens is 279 g/mol. The van der Waals surface area contributed by atoms with Gasteiger partial charge in [-0.3, -0.25) is 0 Å². The summed E-state index contributed by atoms with van der Waals surface area (Å²) in [6.07, 6.45) is 3.36. The van der Waals surface area contributed by atoms with Crippen molar-refractivity contribution in [2.45, 2.75) is 6.92 Å². The van der Waals surface area contributed by atoms with Gasteiger partial charge in [-0.05, 0) is 18.1 Å². The van der Waals surface area contributed by atoms with Gasteiger partial charge >= 0.3 is 5.97 Å². The minimum Gasteiger partial charge on any atom is -0.461 e. The van der Waals surface area contributed by atoms with Crippen LogP contribution in [0.5, 0.6) is 0 Å². The minimum absolute atomic E-state index is 0.136. The van der Waals surface area contributed by atoms with Gasteiger partial charge in [-0.25, -0.2) is 4.79 Å². The lowest BCUT2D eigenvalue weighted by molar-refractivity contribution is -0.140. The molecule has 0 N–H and O–H groups in total. The molecule has 0 aliphatic heterocycles. The first kappa shape index (κ1) is 15.7. The topological polar surface area (TPSA) is 26.3 Å². The summed E-state index contributed by atoms with van der Waals surface area (Å²) in [5.41, 5.74) is 1.76. The number of esters is 1. The van der Waals surface area contributed by atoms with Crippen LogP contribution in [0.4, 0.5) is 4.39 Å². The van der Waals surface area contributed by atoms with E-state index in [-0.39, 0.29) is 12.2 Å². The molecule has 3 heteroatoms. The third kappa shape index (κ3) is 4.16. The van der Waals surface area contributed by atoms with E-state index in [1.165, 1.54) is 0 Å². The molecule has 2 aromatic carbocycles. The summed E-state index contributed by atoms with van der Waals surface area (Å²) < 4.78 is 19.1. The maximum absolute atomic E-state index is 14.4. The third-order valence-electron chi connectivity index (χ3n) is 3.02. The Morgan fingerprint density at radius 3 is 2.23 bits per heavy atom. The molecule has 0 bridgehead atoms. The van der Waals surface area contributed by atoms with Crippen molar-refractivity contribution in [3.8, 4) is 0 Å². The number of rotatable bonds is 5. The molecule has 2 nitrogen and oxygen atoms in total. The van der Waals surface area contributed by atoms with Crippen molar-refractivity contribution in [3.05, 3.63) is 83.7 Å². The lowest BCUT2D eigenvalue weighted by atomic mass is 10.0. The van der Waals surface area contributed by atoms with Gasteiger partial charge < -0.3 is 4.74 Å². The fourth-order valence-corrected chi connectivity index (χ4v) is 1.96. The van der Waals surface area contributed by atoms with Crippen LogP contribution in [0, 0.1) is 0 Å². The van der Waals surface area contributed by atoms with Crippen molar-refractivity contribution in [1.82, 2.24) is 0 Å². The van der Waals surface area contributed by atoms with Gasteiger partial charge in [-0.2, -0.15) is 4.39 Å². The third-order valence-corrected chi connectivity index (χ3v) is 3.02. The van der Waals surface area contributed by atoms with Crippen molar-refractivity contribution in [3.63, 3.8) is 0 Å². The lowest BCUT2D eigenvalue weighted by Gasteiger charge is -2.06. The van der Waals surface area contributed by atoms with Crippen molar-refractivity contribution >= 4 is 17.6 Å². The van der Waals surface area contributed by atoms with E-state index in [1.807, 2.05) is 36.4 Å². The van der Waals surface area contributed by atoms with Crippen LogP contribution in [0.15, 0.2) is 72.6 Å². The molecule has 2 rings (SSSR count). The quantitative estimate of drug-likeness (QED) is 0.456. The average molecular weight is 296 g/mol. The molecule has 0 saturated heterocycles. The second-order valence-electron chi connectivity index (χ2n) is 4.56. The summed E-state index contributed by atoms with van der Waals surface area (Å²) in [7, 11) is 0. The Balaban J connectivity index is 2.40. The van der Waals surface area contributed by atoms with E-state index >= 15 is 0 Å². The number of carbonyl (C=O) groups excluding carboxylic acids is 1. The number of ether oxygens (including phenoxy) is 1. The Labute approximate surface area is 129 Å². The van der Waals surface area contributed by atoms with Gasteiger partial charge in [0.2, 0.25) is 5.83 Å². The van der Waals surface area contributed by atoms with Crippen LogP contribution >= 0.6 is 0 Å². The first-order chi connectivity index (χ1) is 10.7. The highest BCUT2D eigenvalue weighted by Gasteiger charge is 2.16. The number of carbonyl (C=O) groups is 1. The maximum Gasteiger partial charge on any atom is 0.367 e. The monoisotopic (exact) mass is 296 g/mol. The van der Waals surface area contributed by atoms with E-state index in [0.717, 1.165) is 5.56 Å². The first-order valence-corrected chi connectivity index (χ1v) is 7.08. The summed E-state index contributed by atoms with van der Waals surface area (Å²) in [6.45, 7) is 1.78. The molecule has 112 valence electrons. The summed E-state index contributed by atoms with van der Waals surface area (Å²) >= 11 is 0. The number of hydrogen-bond acceptors (Lipinski definition) is 2. The van der Waals surface area contributed by atoms with Crippen LogP contribution in [0.25, 0.3) is 11.6 Å². The minimum atomic E-state index is -0.945. The predicted octanol–water partition coefficient (Wildman–Crippen LogP) is 4.64. The van der Waals surface area contributed by atoms with Crippen molar-refractivity contribution < 1.29 is 13.9 Å². The van der Waals surface area contributed by atoms with E-state index < -0.39 is 11.8 Å². The molecule has 0 heterocycles. The second kappa shape index (κ2) is 7.93. The van der Waals surface area contributed by atoms with Gasteiger partial charge in [-0.15, -0.1) is 0 Å². The second-order valence-corrected chi connectivity index (χ2v) is 4.56. The number of allylic oxidation sites excluding steroid dienone is 2. The molecule has 0 aliphatic carbocycles. The van der Waals surface area contributed by atoms with Crippen LogP contribution in [0.1, 0.15) is 18.1 Å². The van der Waals surface area contributed by atoms with Gasteiger partial charge in [0.15, 0.2) is 0 Å². The molecule has 0 fully saturated rings. The summed E-state index contributed by atoms with van der Waals surface area (Å²) in [5.74, 6) is -1.83. The molecule has 0 atom stereocenters. The van der Waals surface area contributed by atoms with Gasteiger partial charge in [0.05, 0.1) is 6.61 Å². The largest absolute Gasteiger partial charge is 0.461 e. The normalized spacial score (nSPS) is 12.1. The highest BCUT2D eigenvalue weighted by Crippen LogP contribution is 2.23. The Morgan fingerprint density at radius 1 is 1.05 bits per heavy atom. The average Bonchev–Trinajstić information content (AvgIpc) is 2.57. The summed E-state index contributed by atoms with van der Waals surface area (Å²) in [6, 6.07) is 18.4. The van der Waals surface area contributed by atoms with Crippen LogP contribution in [-0.4, -0.2) is 12.6 Å². The zero-order chi connectivity index (χ0) is 15.8. The molecule has 0 aliphatic rings. The van der Waals surface area contributed by atoms with E-state index in [9.17, 15) is 9.18 Å². The van der Waals surface area contributed by atoms with Crippen LogP contribution in [0.2, 0.25) is 0 Å². The van der Waals surface area contributed by atoms with Crippen molar-refractivity contribution in [2.24, 2.45) is 0 Å². The molecule has 0 amide bonds. The fourth-order valence-electron chi connectivity index (χ4n) is 1.96. The van der Waals surface area contributed by atoms with E-state index in [0.29, 0.717) is 5.56 Å². The Hall–Kier alpha value is -2.68. The van der Waals surface area contributed by atoms with Gasteiger partial charge in [0, 0.05) is 5.57 Å². The van der Waals surface area contributed by atoms with E-state index in [1.54, 1.807) is 43.3 Å². The molecule has 0 unspecified atom stereocenters. The highest BCUT2D eigenvalue weighted by molar-refractivity contribution is 5.98. The van der Waals surface area contributed by atoms with Crippen molar-refractivity contribution in [1.29, 1.82) is 0 Å². The Morgan fingerprint density at radius 2 is 1.64 bits per heavy atom. The first-order valence-electron chi connectivity index (χ1n) is 7.08. The Kier molecular flexibility index (Phi) is 5.66. The zero-order valence-corrected chi connectivity index (χ0v) is 12.3. The molecular formula is C19H17FO2.